The number of hydrogen-bond acceptors (Lipinski definition) is 5. The minimum atomic E-state index is -4.04. The molecule has 2 saturated carbocycles. The summed E-state index contributed by atoms with van der Waals surface area (Å²) in [5.41, 5.74) is 3.25. The first-order valence-electron chi connectivity index (χ1n) is 13.8. The van der Waals surface area contributed by atoms with Gasteiger partial charge >= 0.3 is 0 Å². The van der Waals surface area contributed by atoms with Gasteiger partial charge in [-0.3, -0.25) is 13.9 Å². The SMILES string of the molecule is CC(=O)Nc1ccc(S(=O)(=O)N2C=C(c3ccccc3)C3C(=O)C(O)C4C5CCCC(C)C5=CCC4C32)cc1. The van der Waals surface area contributed by atoms with Crippen molar-refractivity contribution < 1.29 is 23.1 Å². The second-order valence-electron chi connectivity index (χ2n) is 11.4. The van der Waals surface area contributed by atoms with Crippen molar-refractivity contribution in [3.63, 3.8) is 0 Å². The van der Waals surface area contributed by atoms with E-state index in [1.165, 1.54) is 28.9 Å². The molecule has 0 bridgehead atoms. The van der Waals surface area contributed by atoms with E-state index in [1.807, 2.05) is 30.3 Å². The molecule has 1 amide bonds. The van der Waals surface area contributed by atoms with Crippen LogP contribution in [0.5, 0.6) is 0 Å². The van der Waals surface area contributed by atoms with Gasteiger partial charge in [-0.05, 0) is 72.4 Å². The zero-order valence-electron chi connectivity index (χ0n) is 22.2. The molecule has 3 aliphatic carbocycles. The van der Waals surface area contributed by atoms with Crippen LogP contribution < -0.4 is 5.32 Å². The largest absolute Gasteiger partial charge is 0.385 e. The third kappa shape index (κ3) is 4.25. The number of benzene rings is 2. The van der Waals surface area contributed by atoms with E-state index < -0.39 is 28.1 Å². The third-order valence-electron chi connectivity index (χ3n) is 9.23. The highest BCUT2D eigenvalue weighted by Crippen LogP contribution is 2.56. The summed E-state index contributed by atoms with van der Waals surface area (Å²) in [6.45, 7) is 3.61. The lowest BCUT2D eigenvalue weighted by atomic mass is 9.55. The number of ketones is 1. The number of nitrogens with zero attached hydrogens (tertiary/aromatic N) is 1. The lowest BCUT2D eigenvalue weighted by Crippen LogP contribution is -2.59. The molecule has 7 nitrogen and oxygen atoms in total. The van der Waals surface area contributed by atoms with Crippen LogP contribution in [0.2, 0.25) is 0 Å². The fraction of sp³-hybridized carbons (Fsp3) is 0.419. The van der Waals surface area contributed by atoms with Gasteiger partial charge in [0.1, 0.15) is 6.10 Å². The molecule has 2 fully saturated rings. The summed E-state index contributed by atoms with van der Waals surface area (Å²) in [5, 5.41) is 14.2. The average molecular weight is 547 g/mol. The number of anilines is 1. The van der Waals surface area contributed by atoms with Crippen molar-refractivity contribution in [1.29, 1.82) is 0 Å². The zero-order chi connectivity index (χ0) is 27.5. The van der Waals surface area contributed by atoms with Gasteiger partial charge in [0.05, 0.1) is 16.9 Å². The summed E-state index contributed by atoms with van der Waals surface area (Å²) >= 11 is 0. The van der Waals surface area contributed by atoms with Crippen LogP contribution in [0.4, 0.5) is 5.69 Å². The van der Waals surface area contributed by atoms with Crippen LogP contribution in [0.25, 0.3) is 5.57 Å². The quantitative estimate of drug-likeness (QED) is 0.545. The Morgan fingerprint density at radius 1 is 1.05 bits per heavy atom. The highest BCUT2D eigenvalue weighted by molar-refractivity contribution is 7.89. The molecule has 4 aliphatic rings. The monoisotopic (exact) mass is 546 g/mol. The zero-order valence-corrected chi connectivity index (χ0v) is 23.0. The number of nitrogens with one attached hydrogen (secondary N) is 1. The molecule has 39 heavy (non-hydrogen) atoms. The van der Waals surface area contributed by atoms with E-state index in [-0.39, 0.29) is 34.3 Å². The summed E-state index contributed by atoms with van der Waals surface area (Å²) in [4.78, 5) is 25.5. The van der Waals surface area contributed by atoms with E-state index in [0.29, 0.717) is 23.6 Å². The fourth-order valence-corrected chi connectivity index (χ4v) is 9.15. The molecule has 1 heterocycles. The minimum Gasteiger partial charge on any atom is -0.385 e. The van der Waals surface area contributed by atoms with Gasteiger partial charge in [-0.25, -0.2) is 8.42 Å². The molecule has 204 valence electrons. The van der Waals surface area contributed by atoms with Crippen molar-refractivity contribution in [3.8, 4) is 0 Å². The highest BCUT2D eigenvalue weighted by atomic mass is 32.2. The molecule has 2 aromatic carbocycles. The van der Waals surface area contributed by atoms with Crippen molar-refractivity contribution in [2.75, 3.05) is 5.32 Å². The normalized spacial score (nSPS) is 31.9. The molecule has 2 N–H and O–H groups in total. The Hall–Kier alpha value is -3.23. The van der Waals surface area contributed by atoms with Crippen LogP contribution in [-0.4, -0.2) is 41.7 Å². The van der Waals surface area contributed by atoms with E-state index in [1.54, 1.807) is 18.3 Å². The number of aliphatic hydroxyl groups is 1. The molecule has 0 saturated heterocycles. The number of aliphatic hydroxyl groups excluding tert-OH is 1. The number of hydrogen-bond donors (Lipinski definition) is 2. The number of sulfonamides is 1. The Morgan fingerprint density at radius 3 is 2.46 bits per heavy atom. The Balaban J connectivity index is 1.46. The molecule has 7 atom stereocenters. The fourth-order valence-electron chi connectivity index (χ4n) is 7.57. The van der Waals surface area contributed by atoms with E-state index in [9.17, 15) is 23.1 Å². The summed E-state index contributed by atoms with van der Waals surface area (Å²) in [6.07, 6.45) is 6.45. The molecule has 8 heteroatoms. The molecule has 2 aromatic rings. The Morgan fingerprint density at radius 2 is 1.77 bits per heavy atom. The maximum atomic E-state index is 14.2. The molecular formula is C31H34N2O5S. The number of carbonyl (C=O) groups excluding carboxylic acids is 2. The summed E-state index contributed by atoms with van der Waals surface area (Å²) < 4.78 is 29.8. The number of amides is 1. The number of Topliss-reactive ketones (excluding diaryl/α,β-unsaturated/α-hetero) is 1. The van der Waals surface area contributed by atoms with Gasteiger partial charge in [0, 0.05) is 24.7 Å². The lowest BCUT2D eigenvalue weighted by Gasteiger charge is -2.52. The van der Waals surface area contributed by atoms with E-state index in [4.69, 9.17) is 0 Å². The van der Waals surface area contributed by atoms with Crippen LogP contribution in [-0.2, 0) is 19.6 Å². The predicted molar refractivity (Wildman–Crippen MR) is 149 cm³/mol. The molecule has 1 aliphatic heterocycles. The second kappa shape index (κ2) is 9.75. The predicted octanol–water partition coefficient (Wildman–Crippen LogP) is 4.62. The first-order valence-corrected chi connectivity index (χ1v) is 15.2. The Bertz CT molecular complexity index is 1460. The number of allylic oxidation sites excluding steroid dienone is 2. The molecule has 0 spiro atoms. The van der Waals surface area contributed by atoms with Crippen LogP contribution in [0.3, 0.4) is 0 Å². The highest BCUT2D eigenvalue weighted by Gasteiger charge is 2.60. The smallest absolute Gasteiger partial charge is 0.264 e. The minimum absolute atomic E-state index is 0.0920. The van der Waals surface area contributed by atoms with Gasteiger partial charge in [0.15, 0.2) is 5.78 Å². The third-order valence-corrected chi connectivity index (χ3v) is 11.0. The Labute approximate surface area is 229 Å². The van der Waals surface area contributed by atoms with Crippen LogP contribution in [0, 0.1) is 29.6 Å². The number of fused-ring (bicyclic) bond motifs is 5. The van der Waals surface area contributed by atoms with Crippen molar-refractivity contribution in [1.82, 2.24) is 4.31 Å². The molecule has 6 rings (SSSR count). The second-order valence-corrected chi connectivity index (χ2v) is 13.3. The molecule has 7 unspecified atom stereocenters. The maximum Gasteiger partial charge on any atom is 0.264 e. The van der Waals surface area contributed by atoms with Crippen molar-refractivity contribution in [2.45, 2.75) is 56.6 Å². The molecule has 0 radical (unpaired) electrons. The van der Waals surface area contributed by atoms with Gasteiger partial charge in [0.25, 0.3) is 10.0 Å². The van der Waals surface area contributed by atoms with Crippen LogP contribution >= 0.6 is 0 Å². The van der Waals surface area contributed by atoms with Gasteiger partial charge in [0.2, 0.25) is 5.91 Å². The first kappa shape index (κ1) is 26.0. The van der Waals surface area contributed by atoms with Crippen molar-refractivity contribution >= 4 is 33.0 Å². The van der Waals surface area contributed by atoms with E-state index in [2.05, 4.69) is 18.3 Å². The van der Waals surface area contributed by atoms with Crippen molar-refractivity contribution in [2.24, 2.45) is 29.6 Å². The van der Waals surface area contributed by atoms with E-state index in [0.717, 1.165) is 24.8 Å². The lowest BCUT2D eigenvalue weighted by molar-refractivity contribution is -0.144. The number of carbonyl (C=O) groups is 2. The first-order chi connectivity index (χ1) is 18.7. The Kier molecular flexibility index (Phi) is 6.50. The van der Waals surface area contributed by atoms with Crippen molar-refractivity contribution in [3.05, 3.63) is 78.0 Å². The topological polar surface area (TPSA) is 104 Å². The summed E-state index contributed by atoms with van der Waals surface area (Å²) in [6, 6.07) is 14.9. The van der Waals surface area contributed by atoms with Gasteiger partial charge in [-0.1, -0.05) is 55.3 Å². The summed E-state index contributed by atoms with van der Waals surface area (Å²) in [7, 11) is -4.04. The molecule has 0 aromatic heterocycles. The van der Waals surface area contributed by atoms with Gasteiger partial charge < -0.3 is 10.4 Å². The molecular weight excluding hydrogens is 512 g/mol. The van der Waals surface area contributed by atoms with Gasteiger partial charge in [-0.2, -0.15) is 0 Å². The number of rotatable bonds is 4. The summed E-state index contributed by atoms with van der Waals surface area (Å²) in [5.74, 6) is -1.25. The average Bonchev–Trinajstić information content (AvgIpc) is 3.34. The van der Waals surface area contributed by atoms with Crippen LogP contribution in [0.1, 0.15) is 45.1 Å². The van der Waals surface area contributed by atoms with Crippen LogP contribution in [0.15, 0.2) is 77.3 Å². The van der Waals surface area contributed by atoms with Gasteiger partial charge in [-0.15, -0.1) is 0 Å². The maximum absolute atomic E-state index is 14.2. The van der Waals surface area contributed by atoms with E-state index >= 15 is 0 Å². The standard InChI is InChI=1S/C31H34N2O5S/c1-18-7-6-10-24-23(18)15-16-25-27(24)30(35)31(36)28-26(20-8-4-3-5-9-20)17-33(29(25)28)39(37,38)22-13-11-21(12-14-22)32-19(2)34/h3-5,8-9,11-15,17-18,24-25,27-30,35H,6-7,10,16H2,1-2H3,(H,32,34).